The van der Waals surface area contributed by atoms with Crippen LogP contribution in [0.1, 0.15) is 37.8 Å². The minimum atomic E-state index is -4.49. The number of ether oxygens (including phenoxy) is 1. The molecule has 0 fully saturated rings. The van der Waals surface area contributed by atoms with Gasteiger partial charge < -0.3 is 15.0 Å². The molecule has 3 aromatic carbocycles. The maximum absolute atomic E-state index is 14.0. The molecular formula is C30H35BrN4O7S. The number of methoxy groups -OCH3 is 1. The van der Waals surface area contributed by atoms with Gasteiger partial charge in [-0.25, -0.2) is 8.42 Å². The van der Waals surface area contributed by atoms with Crippen LogP contribution >= 0.6 is 15.9 Å². The van der Waals surface area contributed by atoms with E-state index in [4.69, 9.17) is 4.74 Å². The summed E-state index contributed by atoms with van der Waals surface area (Å²) >= 11 is 3.42. The molecule has 0 saturated carbocycles. The molecule has 0 unspecified atom stereocenters. The number of carbonyl (C=O) groups is 2. The first-order valence-electron chi connectivity index (χ1n) is 13.6. The van der Waals surface area contributed by atoms with Crippen molar-refractivity contribution >= 4 is 49.1 Å². The third-order valence-corrected chi connectivity index (χ3v) is 9.11. The van der Waals surface area contributed by atoms with Crippen molar-refractivity contribution < 1.29 is 27.7 Å². The van der Waals surface area contributed by atoms with E-state index in [2.05, 4.69) is 21.2 Å². The topological polar surface area (TPSA) is 139 Å². The number of carbonyl (C=O) groups excluding carboxylic acids is 2. The summed E-state index contributed by atoms with van der Waals surface area (Å²) in [5.41, 5.74) is 0.790. The van der Waals surface area contributed by atoms with Crippen molar-refractivity contribution in [3.8, 4) is 5.75 Å². The Hall–Kier alpha value is -3.97. The van der Waals surface area contributed by atoms with Crippen molar-refractivity contribution in [3.05, 3.63) is 92.4 Å². The molecule has 13 heteroatoms. The zero-order valence-electron chi connectivity index (χ0n) is 24.4. The van der Waals surface area contributed by atoms with E-state index in [1.165, 1.54) is 43.2 Å². The standard InChI is InChI=1S/C30H35BrN4O7S/c1-5-6-16-32-30(37)22(3)33(19-23-8-7-9-24(31)17-23)29(36)20-34(25-11-13-26(42-4)14-12-25)43(40,41)27-15-10-21(2)28(18-27)35(38)39/h7-15,17-18,22H,5-6,16,19-20H2,1-4H3,(H,32,37)/t22-/m0/s1. The summed E-state index contributed by atoms with van der Waals surface area (Å²) < 4.78 is 34.9. The minimum Gasteiger partial charge on any atom is -0.497 e. The molecule has 230 valence electrons. The Morgan fingerprint density at radius 1 is 1.09 bits per heavy atom. The van der Waals surface area contributed by atoms with Crippen molar-refractivity contribution in [2.45, 2.75) is 51.1 Å². The van der Waals surface area contributed by atoms with E-state index in [9.17, 15) is 28.1 Å². The minimum absolute atomic E-state index is 0.0349. The summed E-state index contributed by atoms with van der Waals surface area (Å²) in [5, 5.41) is 14.4. The third kappa shape index (κ3) is 8.54. The fourth-order valence-electron chi connectivity index (χ4n) is 4.30. The number of sulfonamides is 1. The van der Waals surface area contributed by atoms with E-state index in [-0.39, 0.29) is 28.7 Å². The molecule has 0 radical (unpaired) electrons. The van der Waals surface area contributed by atoms with Gasteiger partial charge in [0.2, 0.25) is 11.8 Å². The predicted molar refractivity (Wildman–Crippen MR) is 167 cm³/mol. The largest absolute Gasteiger partial charge is 0.497 e. The zero-order valence-corrected chi connectivity index (χ0v) is 26.9. The SMILES string of the molecule is CCCCNC(=O)[C@H](C)N(Cc1cccc(Br)c1)C(=O)CN(c1ccc(OC)cc1)S(=O)(=O)c1ccc(C)c([N+](=O)[O-])c1. The normalized spacial score (nSPS) is 11.8. The van der Waals surface area contributed by atoms with Crippen LogP contribution < -0.4 is 14.4 Å². The Labute approximate surface area is 260 Å². The number of anilines is 1. The summed E-state index contributed by atoms with van der Waals surface area (Å²) in [4.78, 5) is 39.0. The molecule has 3 rings (SSSR count). The summed E-state index contributed by atoms with van der Waals surface area (Å²) in [6, 6.07) is 16.0. The van der Waals surface area contributed by atoms with Crippen LogP contribution in [0.2, 0.25) is 0 Å². The van der Waals surface area contributed by atoms with Crippen molar-refractivity contribution in [3.63, 3.8) is 0 Å². The Morgan fingerprint density at radius 3 is 2.40 bits per heavy atom. The number of benzene rings is 3. The van der Waals surface area contributed by atoms with Gasteiger partial charge in [-0.15, -0.1) is 0 Å². The fraction of sp³-hybridized carbons (Fsp3) is 0.333. The average Bonchev–Trinajstić information content (AvgIpc) is 2.98. The van der Waals surface area contributed by atoms with E-state index in [0.29, 0.717) is 17.9 Å². The zero-order chi connectivity index (χ0) is 31.7. The monoisotopic (exact) mass is 674 g/mol. The summed E-state index contributed by atoms with van der Waals surface area (Å²) in [6.07, 6.45) is 1.64. The van der Waals surface area contributed by atoms with Gasteiger partial charge in [0.25, 0.3) is 15.7 Å². The van der Waals surface area contributed by atoms with Gasteiger partial charge in [-0.3, -0.25) is 24.0 Å². The number of hydrogen-bond acceptors (Lipinski definition) is 7. The van der Waals surface area contributed by atoms with Gasteiger partial charge in [-0.1, -0.05) is 47.5 Å². The highest BCUT2D eigenvalue weighted by Gasteiger charge is 2.33. The molecule has 0 aliphatic rings. The quantitative estimate of drug-likeness (QED) is 0.141. The van der Waals surface area contributed by atoms with Crippen LogP contribution in [0.4, 0.5) is 11.4 Å². The van der Waals surface area contributed by atoms with E-state index < -0.39 is 33.4 Å². The van der Waals surface area contributed by atoms with Gasteiger partial charge in [-0.2, -0.15) is 0 Å². The van der Waals surface area contributed by atoms with Crippen LogP contribution in [0.5, 0.6) is 5.75 Å². The van der Waals surface area contributed by atoms with Crippen LogP contribution in [0.25, 0.3) is 0 Å². The first-order valence-corrected chi connectivity index (χ1v) is 15.9. The molecule has 1 atom stereocenters. The van der Waals surface area contributed by atoms with Gasteiger partial charge in [0.1, 0.15) is 18.3 Å². The van der Waals surface area contributed by atoms with Crippen molar-refractivity contribution in [1.82, 2.24) is 10.2 Å². The number of halogens is 1. The Balaban J connectivity index is 2.07. The lowest BCUT2D eigenvalue weighted by molar-refractivity contribution is -0.385. The van der Waals surface area contributed by atoms with E-state index in [1.807, 2.05) is 19.1 Å². The van der Waals surface area contributed by atoms with Gasteiger partial charge >= 0.3 is 0 Å². The summed E-state index contributed by atoms with van der Waals surface area (Å²) in [6.45, 7) is 4.90. The second-order valence-electron chi connectivity index (χ2n) is 9.89. The molecule has 0 aliphatic carbocycles. The van der Waals surface area contributed by atoms with E-state index in [0.717, 1.165) is 33.2 Å². The number of nitro benzene ring substituents is 1. The lowest BCUT2D eigenvalue weighted by atomic mass is 10.1. The Morgan fingerprint density at radius 2 is 1.79 bits per heavy atom. The molecule has 43 heavy (non-hydrogen) atoms. The van der Waals surface area contributed by atoms with Crippen LogP contribution in [0.15, 0.2) is 76.1 Å². The molecule has 0 aliphatic heterocycles. The second kappa shape index (κ2) is 15.0. The second-order valence-corrected chi connectivity index (χ2v) is 12.7. The van der Waals surface area contributed by atoms with Crippen LogP contribution in [-0.4, -0.2) is 56.3 Å². The number of hydrogen-bond donors (Lipinski definition) is 1. The summed E-state index contributed by atoms with van der Waals surface area (Å²) in [5.74, 6) is -0.545. The number of nitrogens with one attached hydrogen (secondary N) is 1. The van der Waals surface area contributed by atoms with Crippen molar-refractivity contribution in [2.24, 2.45) is 0 Å². The number of rotatable bonds is 14. The maximum atomic E-state index is 14.0. The van der Waals surface area contributed by atoms with Gasteiger partial charge in [0.05, 0.1) is 22.6 Å². The highest BCUT2D eigenvalue weighted by molar-refractivity contribution is 9.10. The number of aryl methyl sites for hydroxylation is 1. The highest BCUT2D eigenvalue weighted by Crippen LogP contribution is 2.29. The first kappa shape index (κ1) is 33.5. The summed E-state index contributed by atoms with van der Waals surface area (Å²) in [7, 11) is -3.02. The van der Waals surface area contributed by atoms with Gasteiger partial charge in [0.15, 0.2) is 0 Å². The molecular weight excluding hydrogens is 640 g/mol. The van der Waals surface area contributed by atoms with Gasteiger partial charge in [-0.05, 0) is 68.3 Å². The number of amides is 2. The molecule has 1 N–H and O–H groups in total. The molecule has 11 nitrogen and oxygen atoms in total. The van der Waals surface area contributed by atoms with Crippen LogP contribution in [-0.2, 0) is 26.2 Å². The predicted octanol–water partition coefficient (Wildman–Crippen LogP) is 5.20. The fourth-order valence-corrected chi connectivity index (χ4v) is 6.18. The first-order chi connectivity index (χ1) is 20.4. The molecule has 2 amide bonds. The number of unbranched alkanes of at least 4 members (excludes halogenated alkanes) is 1. The molecule has 0 bridgehead atoms. The maximum Gasteiger partial charge on any atom is 0.273 e. The highest BCUT2D eigenvalue weighted by atomic mass is 79.9. The van der Waals surface area contributed by atoms with Crippen molar-refractivity contribution in [2.75, 3.05) is 24.5 Å². The molecule has 3 aromatic rings. The smallest absolute Gasteiger partial charge is 0.273 e. The third-order valence-electron chi connectivity index (χ3n) is 6.84. The van der Waals surface area contributed by atoms with E-state index >= 15 is 0 Å². The molecule has 0 aromatic heterocycles. The van der Waals surface area contributed by atoms with Crippen molar-refractivity contribution in [1.29, 1.82) is 0 Å². The van der Waals surface area contributed by atoms with E-state index in [1.54, 1.807) is 31.2 Å². The Kier molecular flexibility index (Phi) is 11.7. The lowest BCUT2D eigenvalue weighted by Crippen LogP contribution is -2.51. The molecule has 0 spiro atoms. The number of nitrogens with zero attached hydrogens (tertiary/aromatic N) is 3. The Bertz CT molecular complexity index is 1560. The molecule has 0 saturated heterocycles. The number of nitro groups is 1. The lowest BCUT2D eigenvalue weighted by Gasteiger charge is -2.32. The van der Waals surface area contributed by atoms with Crippen LogP contribution in [0, 0.1) is 17.0 Å². The van der Waals surface area contributed by atoms with Gasteiger partial charge in [0, 0.05) is 29.2 Å². The van der Waals surface area contributed by atoms with Crippen LogP contribution in [0.3, 0.4) is 0 Å². The average molecular weight is 676 g/mol. The molecule has 0 heterocycles.